The Labute approximate surface area is 132 Å². The zero-order valence-electron chi connectivity index (χ0n) is 11.2. The first-order valence-electron chi connectivity index (χ1n) is 6.54. The third-order valence-electron chi connectivity index (χ3n) is 3.42. The van der Waals surface area contributed by atoms with Crippen LogP contribution in [0.4, 0.5) is 0 Å². The van der Waals surface area contributed by atoms with Crippen LogP contribution in [0.2, 0.25) is 0 Å². The van der Waals surface area contributed by atoms with Crippen molar-refractivity contribution in [3.8, 4) is 0 Å². The second-order valence-electron chi connectivity index (χ2n) is 4.84. The second kappa shape index (κ2) is 5.66. The van der Waals surface area contributed by atoms with Crippen LogP contribution < -0.4 is 0 Å². The number of aromatic nitrogens is 1. The van der Waals surface area contributed by atoms with Crippen LogP contribution >= 0.6 is 15.9 Å². The molecule has 0 aliphatic rings. The maximum Gasteiger partial charge on any atom is 0.243 e. The van der Waals surface area contributed by atoms with Crippen molar-refractivity contribution in [2.75, 3.05) is 0 Å². The van der Waals surface area contributed by atoms with Gasteiger partial charge in [0.15, 0.2) is 0 Å². The molecule has 2 aromatic carbocycles. The molecule has 108 valence electrons. The lowest BCUT2D eigenvalue weighted by Gasteiger charge is -2.08. The highest BCUT2D eigenvalue weighted by molar-refractivity contribution is 9.08. The number of halogens is 1. The molecule has 0 N–H and O–H groups in total. The summed E-state index contributed by atoms with van der Waals surface area (Å²) in [6.07, 6.45) is 1.63. The SMILES string of the molecule is O=S(=O)(Cc1ccccc1)n1ccc2c(CBr)cccc21. The molecule has 0 fully saturated rings. The van der Waals surface area contributed by atoms with Crippen molar-refractivity contribution in [3.63, 3.8) is 0 Å². The van der Waals surface area contributed by atoms with E-state index in [2.05, 4.69) is 15.9 Å². The summed E-state index contributed by atoms with van der Waals surface area (Å²) in [6.45, 7) is 0. The quantitative estimate of drug-likeness (QED) is 0.659. The van der Waals surface area contributed by atoms with Crippen molar-refractivity contribution in [2.24, 2.45) is 0 Å². The summed E-state index contributed by atoms with van der Waals surface area (Å²) in [5.41, 5.74) is 2.60. The van der Waals surface area contributed by atoms with Crippen LogP contribution in [-0.4, -0.2) is 12.4 Å². The molecule has 0 aliphatic heterocycles. The Morgan fingerprint density at radius 2 is 1.71 bits per heavy atom. The second-order valence-corrected chi connectivity index (χ2v) is 7.24. The van der Waals surface area contributed by atoms with E-state index in [0.29, 0.717) is 5.33 Å². The van der Waals surface area contributed by atoms with Crippen LogP contribution in [0.5, 0.6) is 0 Å². The summed E-state index contributed by atoms with van der Waals surface area (Å²) in [6, 6.07) is 16.8. The monoisotopic (exact) mass is 363 g/mol. The Morgan fingerprint density at radius 3 is 2.43 bits per heavy atom. The molecule has 0 radical (unpaired) electrons. The van der Waals surface area contributed by atoms with Gasteiger partial charge < -0.3 is 0 Å². The molecule has 0 atom stereocenters. The summed E-state index contributed by atoms with van der Waals surface area (Å²) in [4.78, 5) is 0. The van der Waals surface area contributed by atoms with E-state index in [9.17, 15) is 8.42 Å². The lowest BCUT2D eigenvalue weighted by molar-refractivity contribution is 0.588. The highest BCUT2D eigenvalue weighted by atomic mass is 79.9. The van der Waals surface area contributed by atoms with Crippen molar-refractivity contribution in [2.45, 2.75) is 11.1 Å². The van der Waals surface area contributed by atoms with Crippen LogP contribution in [0.15, 0.2) is 60.8 Å². The number of fused-ring (bicyclic) bond motifs is 1. The first-order valence-corrected chi connectivity index (χ1v) is 9.27. The molecule has 0 spiro atoms. The van der Waals surface area contributed by atoms with E-state index in [1.54, 1.807) is 6.20 Å². The van der Waals surface area contributed by atoms with Gasteiger partial charge in [0.25, 0.3) is 0 Å². The molecule has 0 saturated heterocycles. The Kier molecular flexibility index (Phi) is 3.87. The smallest absolute Gasteiger partial charge is 0.243 e. The fourth-order valence-corrected chi connectivity index (χ4v) is 4.37. The predicted octanol–water partition coefficient (Wildman–Crippen LogP) is 3.91. The minimum Gasteiger partial charge on any atom is -0.245 e. The molecule has 0 saturated carbocycles. The summed E-state index contributed by atoms with van der Waals surface area (Å²) < 4.78 is 26.6. The molecule has 3 rings (SSSR count). The molecule has 0 bridgehead atoms. The van der Waals surface area contributed by atoms with E-state index >= 15 is 0 Å². The van der Waals surface area contributed by atoms with Crippen molar-refractivity contribution < 1.29 is 8.42 Å². The highest BCUT2D eigenvalue weighted by Gasteiger charge is 2.17. The average Bonchev–Trinajstić information content (AvgIpc) is 2.92. The molecular weight excluding hydrogens is 350 g/mol. The van der Waals surface area contributed by atoms with Gasteiger partial charge in [0.2, 0.25) is 10.0 Å². The molecule has 0 unspecified atom stereocenters. The van der Waals surface area contributed by atoms with E-state index in [4.69, 9.17) is 0 Å². The number of alkyl halides is 1. The molecule has 3 nitrogen and oxygen atoms in total. The van der Waals surface area contributed by atoms with Gasteiger partial charge in [-0.05, 0) is 23.3 Å². The van der Waals surface area contributed by atoms with Crippen LogP contribution in [0, 0.1) is 0 Å². The van der Waals surface area contributed by atoms with Crippen LogP contribution in [0.25, 0.3) is 10.9 Å². The zero-order chi connectivity index (χ0) is 14.9. The minimum absolute atomic E-state index is 0.00381. The Hall–Kier alpha value is -1.59. The van der Waals surface area contributed by atoms with Gasteiger partial charge in [0, 0.05) is 16.9 Å². The first kappa shape index (κ1) is 14.4. The highest BCUT2D eigenvalue weighted by Crippen LogP contribution is 2.24. The largest absolute Gasteiger partial charge is 0.245 e. The van der Waals surface area contributed by atoms with Gasteiger partial charge in [-0.25, -0.2) is 12.4 Å². The third kappa shape index (κ3) is 2.76. The van der Waals surface area contributed by atoms with Crippen molar-refractivity contribution in [1.82, 2.24) is 3.97 Å². The molecule has 21 heavy (non-hydrogen) atoms. The summed E-state index contributed by atoms with van der Waals surface area (Å²) >= 11 is 3.43. The van der Waals surface area contributed by atoms with Gasteiger partial charge in [-0.3, -0.25) is 0 Å². The Morgan fingerprint density at radius 1 is 0.952 bits per heavy atom. The summed E-state index contributed by atoms with van der Waals surface area (Å²) in [5.74, 6) is -0.00381. The topological polar surface area (TPSA) is 39.1 Å². The molecular formula is C16H14BrNO2S. The van der Waals surface area contributed by atoms with Gasteiger partial charge in [0.1, 0.15) is 0 Å². The fraction of sp³-hybridized carbons (Fsp3) is 0.125. The predicted molar refractivity (Wildman–Crippen MR) is 89.0 cm³/mol. The number of hydrogen-bond donors (Lipinski definition) is 0. The molecule has 5 heteroatoms. The van der Waals surface area contributed by atoms with Crippen molar-refractivity contribution in [1.29, 1.82) is 0 Å². The number of hydrogen-bond acceptors (Lipinski definition) is 2. The Bertz CT molecular complexity index is 870. The third-order valence-corrected chi connectivity index (χ3v) is 5.64. The normalized spacial score (nSPS) is 11.9. The number of nitrogens with zero attached hydrogens (tertiary/aromatic N) is 1. The minimum atomic E-state index is -3.42. The molecule has 0 amide bonds. The van der Waals surface area contributed by atoms with Crippen LogP contribution in [0.1, 0.15) is 11.1 Å². The average molecular weight is 364 g/mol. The lowest BCUT2D eigenvalue weighted by Crippen LogP contribution is -2.13. The van der Waals surface area contributed by atoms with E-state index in [0.717, 1.165) is 22.0 Å². The van der Waals surface area contributed by atoms with Crippen molar-refractivity contribution >= 4 is 36.9 Å². The molecule has 3 aromatic rings. The summed E-state index contributed by atoms with van der Waals surface area (Å²) in [7, 11) is -3.42. The summed E-state index contributed by atoms with van der Waals surface area (Å²) in [5, 5.41) is 1.67. The van der Waals surface area contributed by atoms with E-state index in [-0.39, 0.29) is 5.75 Å². The maximum absolute atomic E-state index is 12.6. The van der Waals surface area contributed by atoms with Gasteiger partial charge >= 0.3 is 0 Å². The van der Waals surface area contributed by atoms with Gasteiger partial charge in [0.05, 0.1) is 11.3 Å². The first-order chi connectivity index (χ1) is 10.1. The lowest BCUT2D eigenvalue weighted by atomic mass is 10.1. The number of benzene rings is 2. The van der Waals surface area contributed by atoms with Crippen LogP contribution in [0.3, 0.4) is 0 Å². The number of rotatable bonds is 4. The zero-order valence-corrected chi connectivity index (χ0v) is 13.6. The van der Waals surface area contributed by atoms with Crippen LogP contribution in [-0.2, 0) is 21.1 Å². The standard InChI is InChI=1S/C16H14BrNO2S/c17-11-14-7-4-8-16-15(14)9-10-18(16)21(19,20)12-13-5-2-1-3-6-13/h1-10H,11-12H2. The molecule has 0 aliphatic carbocycles. The maximum atomic E-state index is 12.6. The van der Waals surface area contributed by atoms with Gasteiger partial charge in [-0.15, -0.1) is 0 Å². The Balaban J connectivity index is 2.08. The van der Waals surface area contributed by atoms with E-state index in [1.807, 2.05) is 54.6 Å². The van der Waals surface area contributed by atoms with Gasteiger partial charge in [-0.1, -0.05) is 58.4 Å². The molecule has 1 aromatic heterocycles. The molecule has 1 heterocycles. The fourth-order valence-electron chi connectivity index (χ4n) is 2.42. The van der Waals surface area contributed by atoms with E-state index in [1.165, 1.54) is 3.97 Å². The van der Waals surface area contributed by atoms with Gasteiger partial charge in [-0.2, -0.15) is 0 Å². The van der Waals surface area contributed by atoms with E-state index < -0.39 is 10.0 Å². The van der Waals surface area contributed by atoms with Crippen molar-refractivity contribution in [3.05, 3.63) is 71.9 Å².